The first-order valence-corrected chi connectivity index (χ1v) is 5.57. The van der Waals surface area contributed by atoms with Crippen molar-refractivity contribution in [1.29, 1.82) is 0 Å². The topological polar surface area (TPSA) is 47.6 Å². The Balaban J connectivity index is 2.23. The average Bonchev–Trinajstić information content (AvgIpc) is 2.35. The van der Waals surface area contributed by atoms with Gasteiger partial charge < -0.3 is 14.8 Å². The van der Waals surface area contributed by atoms with Crippen molar-refractivity contribution in [3.8, 4) is 5.75 Å². The Morgan fingerprint density at radius 2 is 1.94 bits per heavy atom. The number of nitrogens with one attached hydrogen (secondary N) is 1. The molecule has 1 amide bonds. The van der Waals surface area contributed by atoms with Crippen molar-refractivity contribution in [1.82, 2.24) is 5.32 Å². The molecule has 1 aromatic rings. The monoisotopic (exact) mass is 237 g/mol. The summed E-state index contributed by atoms with van der Waals surface area (Å²) in [6.45, 7) is 4.34. The van der Waals surface area contributed by atoms with E-state index in [4.69, 9.17) is 9.47 Å². The van der Waals surface area contributed by atoms with Gasteiger partial charge in [-0.05, 0) is 26.0 Å². The van der Waals surface area contributed by atoms with Gasteiger partial charge in [-0.25, -0.2) is 0 Å². The van der Waals surface area contributed by atoms with E-state index in [2.05, 4.69) is 5.32 Å². The molecule has 94 valence electrons. The Hall–Kier alpha value is -1.55. The molecule has 1 aromatic carbocycles. The second-order valence-electron chi connectivity index (χ2n) is 4.13. The highest BCUT2D eigenvalue weighted by Gasteiger charge is 2.26. The Kier molecular flexibility index (Phi) is 4.97. The minimum Gasteiger partial charge on any atom is -0.492 e. The molecule has 0 saturated carbocycles. The van der Waals surface area contributed by atoms with E-state index in [-0.39, 0.29) is 5.91 Å². The molecular weight excluding hydrogens is 218 g/mol. The standard InChI is InChI=1S/C13H19NO3/c1-13(2,16-3)12(15)14-9-10-17-11-7-5-4-6-8-11/h4-8H,9-10H2,1-3H3,(H,14,15). The number of para-hydroxylation sites is 1. The zero-order valence-corrected chi connectivity index (χ0v) is 10.5. The van der Waals surface area contributed by atoms with E-state index >= 15 is 0 Å². The number of methoxy groups -OCH3 is 1. The zero-order chi connectivity index (χ0) is 12.7. The Bertz CT molecular complexity index is 349. The van der Waals surface area contributed by atoms with Crippen LogP contribution >= 0.6 is 0 Å². The number of carbonyl (C=O) groups is 1. The van der Waals surface area contributed by atoms with Crippen molar-refractivity contribution in [3.63, 3.8) is 0 Å². The number of rotatable bonds is 6. The Labute approximate surface area is 102 Å². The maximum absolute atomic E-state index is 11.6. The molecule has 1 rings (SSSR count). The molecule has 17 heavy (non-hydrogen) atoms. The maximum atomic E-state index is 11.6. The van der Waals surface area contributed by atoms with E-state index in [1.807, 2.05) is 30.3 Å². The van der Waals surface area contributed by atoms with Gasteiger partial charge in [-0.15, -0.1) is 0 Å². The summed E-state index contributed by atoms with van der Waals surface area (Å²) in [4.78, 5) is 11.6. The largest absolute Gasteiger partial charge is 0.492 e. The molecule has 0 aliphatic heterocycles. The van der Waals surface area contributed by atoms with Crippen LogP contribution in [-0.4, -0.2) is 31.8 Å². The van der Waals surface area contributed by atoms with Crippen LogP contribution in [0.3, 0.4) is 0 Å². The minimum absolute atomic E-state index is 0.142. The van der Waals surface area contributed by atoms with Crippen molar-refractivity contribution in [2.24, 2.45) is 0 Å². The second-order valence-corrected chi connectivity index (χ2v) is 4.13. The predicted molar refractivity (Wildman–Crippen MR) is 66.0 cm³/mol. The molecule has 0 saturated heterocycles. The number of carbonyl (C=O) groups excluding carboxylic acids is 1. The zero-order valence-electron chi connectivity index (χ0n) is 10.5. The van der Waals surface area contributed by atoms with Gasteiger partial charge in [0.05, 0.1) is 6.54 Å². The highest BCUT2D eigenvalue weighted by Crippen LogP contribution is 2.08. The van der Waals surface area contributed by atoms with Crippen LogP contribution in [0.15, 0.2) is 30.3 Å². The lowest BCUT2D eigenvalue weighted by Crippen LogP contribution is -2.44. The van der Waals surface area contributed by atoms with E-state index in [0.29, 0.717) is 13.2 Å². The molecule has 0 spiro atoms. The molecule has 0 radical (unpaired) electrons. The molecule has 0 aromatic heterocycles. The fourth-order valence-corrected chi connectivity index (χ4v) is 1.16. The highest BCUT2D eigenvalue weighted by molar-refractivity contribution is 5.84. The van der Waals surface area contributed by atoms with Gasteiger partial charge in [0.15, 0.2) is 0 Å². The van der Waals surface area contributed by atoms with E-state index < -0.39 is 5.60 Å². The van der Waals surface area contributed by atoms with Crippen molar-refractivity contribution < 1.29 is 14.3 Å². The number of amides is 1. The lowest BCUT2D eigenvalue weighted by molar-refractivity contribution is -0.139. The highest BCUT2D eigenvalue weighted by atomic mass is 16.5. The first kappa shape index (κ1) is 13.5. The number of hydrogen-bond acceptors (Lipinski definition) is 3. The maximum Gasteiger partial charge on any atom is 0.251 e. The van der Waals surface area contributed by atoms with Crippen molar-refractivity contribution in [2.75, 3.05) is 20.3 Å². The summed E-state index contributed by atoms with van der Waals surface area (Å²) >= 11 is 0. The van der Waals surface area contributed by atoms with Gasteiger partial charge in [0.2, 0.25) is 0 Å². The molecule has 0 fully saturated rings. The SMILES string of the molecule is COC(C)(C)C(=O)NCCOc1ccccc1. The van der Waals surface area contributed by atoms with Crippen LogP contribution in [0, 0.1) is 0 Å². The van der Waals surface area contributed by atoms with Gasteiger partial charge in [-0.1, -0.05) is 18.2 Å². The summed E-state index contributed by atoms with van der Waals surface area (Å²) in [5.74, 6) is 0.657. The molecule has 0 unspecified atom stereocenters. The van der Waals surface area contributed by atoms with Gasteiger partial charge in [0.1, 0.15) is 18.0 Å². The molecule has 4 heteroatoms. The molecule has 0 atom stereocenters. The van der Waals surface area contributed by atoms with Gasteiger partial charge in [0.25, 0.3) is 5.91 Å². The summed E-state index contributed by atoms with van der Waals surface area (Å²) in [6, 6.07) is 9.49. The van der Waals surface area contributed by atoms with Crippen LogP contribution in [0.1, 0.15) is 13.8 Å². The van der Waals surface area contributed by atoms with E-state index in [9.17, 15) is 4.79 Å². The molecule has 4 nitrogen and oxygen atoms in total. The van der Waals surface area contributed by atoms with Crippen LogP contribution in [-0.2, 0) is 9.53 Å². The van der Waals surface area contributed by atoms with Crippen molar-refractivity contribution in [3.05, 3.63) is 30.3 Å². The van der Waals surface area contributed by atoms with E-state index in [1.54, 1.807) is 13.8 Å². The van der Waals surface area contributed by atoms with Gasteiger partial charge in [-0.3, -0.25) is 4.79 Å². The van der Waals surface area contributed by atoms with E-state index in [0.717, 1.165) is 5.75 Å². The van der Waals surface area contributed by atoms with Crippen LogP contribution < -0.4 is 10.1 Å². The summed E-state index contributed by atoms with van der Waals surface area (Å²) in [7, 11) is 1.51. The third-order valence-corrected chi connectivity index (χ3v) is 2.46. The number of hydrogen-bond donors (Lipinski definition) is 1. The summed E-state index contributed by atoms with van der Waals surface area (Å²) in [5, 5.41) is 2.76. The molecule has 0 bridgehead atoms. The summed E-state index contributed by atoms with van der Waals surface area (Å²) in [5.41, 5.74) is -0.799. The van der Waals surface area contributed by atoms with E-state index in [1.165, 1.54) is 7.11 Å². The third kappa shape index (κ3) is 4.44. The molecule has 0 aliphatic rings. The number of ether oxygens (including phenoxy) is 2. The molecule has 0 heterocycles. The van der Waals surface area contributed by atoms with Crippen LogP contribution in [0.4, 0.5) is 0 Å². The number of benzene rings is 1. The summed E-state index contributed by atoms with van der Waals surface area (Å²) in [6.07, 6.45) is 0. The van der Waals surface area contributed by atoms with Gasteiger partial charge in [0, 0.05) is 7.11 Å². The third-order valence-electron chi connectivity index (χ3n) is 2.46. The quantitative estimate of drug-likeness (QED) is 0.765. The predicted octanol–water partition coefficient (Wildman–Crippen LogP) is 1.61. The van der Waals surface area contributed by atoms with Crippen molar-refractivity contribution in [2.45, 2.75) is 19.4 Å². The summed E-state index contributed by atoms with van der Waals surface area (Å²) < 4.78 is 10.5. The second kappa shape index (κ2) is 6.25. The Morgan fingerprint density at radius 3 is 2.53 bits per heavy atom. The average molecular weight is 237 g/mol. The Morgan fingerprint density at radius 1 is 1.29 bits per heavy atom. The smallest absolute Gasteiger partial charge is 0.251 e. The molecule has 1 N–H and O–H groups in total. The molecule has 0 aliphatic carbocycles. The lowest BCUT2D eigenvalue weighted by atomic mass is 10.1. The minimum atomic E-state index is -0.799. The van der Waals surface area contributed by atoms with Gasteiger partial charge in [-0.2, -0.15) is 0 Å². The molecular formula is C13H19NO3. The van der Waals surface area contributed by atoms with Crippen molar-refractivity contribution >= 4 is 5.91 Å². The fourth-order valence-electron chi connectivity index (χ4n) is 1.16. The normalized spacial score (nSPS) is 11.0. The van der Waals surface area contributed by atoms with Crippen LogP contribution in [0.5, 0.6) is 5.75 Å². The van der Waals surface area contributed by atoms with Gasteiger partial charge >= 0.3 is 0 Å². The lowest BCUT2D eigenvalue weighted by Gasteiger charge is -2.21. The van der Waals surface area contributed by atoms with Crippen LogP contribution in [0.25, 0.3) is 0 Å². The first-order valence-electron chi connectivity index (χ1n) is 5.57. The fraction of sp³-hybridized carbons (Fsp3) is 0.462. The van der Waals surface area contributed by atoms with Crippen LogP contribution in [0.2, 0.25) is 0 Å². The first-order chi connectivity index (χ1) is 8.06.